The van der Waals surface area contributed by atoms with Crippen LogP contribution < -0.4 is 4.74 Å². The Kier molecular flexibility index (Phi) is 4.29. The summed E-state index contributed by atoms with van der Waals surface area (Å²) in [5.74, 6) is -1.43. The van der Waals surface area contributed by atoms with Crippen molar-refractivity contribution in [3.63, 3.8) is 0 Å². The van der Waals surface area contributed by atoms with Crippen molar-refractivity contribution in [2.24, 2.45) is 0 Å². The molecule has 20 heavy (non-hydrogen) atoms. The molecule has 0 aromatic heterocycles. The predicted octanol–water partition coefficient (Wildman–Crippen LogP) is 4.56. The summed E-state index contributed by atoms with van der Waals surface area (Å²) in [4.78, 5) is 9.80. The van der Waals surface area contributed by atoms with E-state index in [-0.39, 0.29) is 28.1 Å². The van der Waals surface area contributed by atoms with Gasteiger partial charge in [0.05, 0.1) is 11.0 Å². The second-order valence-corrected chi connectivity index (χ2v) is 4.38. The number of nitro benzene ring substituents is 1. The lowest BCUT2D eigenvalue weighted by atomic mass is 10.2. The normalized spacial score (nSPS) is 10.3. The molecule has 104 valence electrons. The first-order valence-electron chi connectivity index (χ1n) is 5.48. The summed E-state index contributed by atoms with van der Waals surface area (Å²) < 4.78 is 32.5. The average molecular weight is 344 g/mol. The molecule has 2 aromatic rings. The second kappa shape index (κ2) is 5.96. The third-order valence-electron chi connectivity index (χ3n) is 2.56. The highest BCUT2D eigenvalue weighted by atomic mass is 79.9. The van der Waals surface area contributed by atoms with Gasteiger partial charge in [-0.05, 0) is 18.2 Å². The van der Waals surface area contributed by atoms with Crippen LogP contribution in [0.5, 0.6) is 11.5 Å². The largest absolute Gasteiger partial charge is 0.454 e. The maximum atomic E-state index is 13.7. The highest BCUT2D eigenvalue weighted by Gasteiger charge is 2.15. The van der Waals surface area contributed by atoms with Gasteiger partial charge in [-0.1, -0.05) is 22.0 Å². The highest BCUT2D eigenvalue weighted by Crippen LogP contribution is 2.31. The molecule has 0 amide bonds. The van der Waals surface area contributed by atoms with Crippen molar-refractivity contribution in [3.05, 3.63) is 63.7 Å². The topological polar surface area (TPSA) is 52.4 Å². The van der Waals surface area contributed by atoms with Crippen molar-refractivity contribution in [3.8, 4) is 11.5 Å². The van der Waals surface area contributed by atoms with Crippen LogP contribution in [0.1, 0.15) is 5.56 Å². The van der Waals surface area contributed by atoms with Crippen molar-refractivity contribution < 1.29 is 18.4 Å². The van der Waals surface area contributed by atoms with E-state index in [1.54, 1.807) is 0 Å². The number of ether oxygens (including phenoxy) is 1. The van der Waals surface area contributed by atoms with Gasteiger partial charge in [0.25, 0.3) is 5.69 Å². The molecule has 0 saturated carbocycles. The second-order valence-electron chi connectivity index (χ2n) is 3.82. The maximum absolute atomic E-state index is 13.7. The molecule has 0 N–H and O–H groups in total. The minimum Gasteiger partial charge on any atom is -0.454 e. The number of halogens is 3. The Morgan fingerprint density at radius 1 is 1.15 bits per heavy atom. The highest BCUT2D eigenvalue weighted by molar-refractivity contribution is 9.08. The Labute approximate surface area is 121 Å². The van der Waals surface area contributed by atoms with Crippen molar-refractivity contribution >= 4 is 21.6 Å². The predicted molar refractivity (Wildman–Crippen MR) is 72.2 cm³/mol. The fourth-order valence-electron chi connectivity index (χ4n) is 1.57. The van der Waals surface area contributed by atoms with Crippen molar-refractivity contribution in [2.75, 3.05) is 0 Å². The van der Waals surface area contributed by atoms with Crippen LogP contribution in [-0.4, -0.2) is 4.92 Å². The summed E-state index contributed by atoms with van der Waals surface area (Å²) in [6.45, 7) is 0. The van der Waals surface area contributed by atoms with Gasteiger partial charge in [0, 0.05) is 17.0 Å². The Bertz CT molecular complexity index is 664. The molecular formula is C13H8BrF2NO3. The molecule has 0 atom stereocenters. The molecule has 0 unspecified atom stereocenters. The lowest BCUT2D eigenvalue weighted by molar-refractivity contribution is -0.385. The lowest BCUT2D eigenvalue weighted by Crippen LogP contribution is -1.96. The first-order valence-corrected chi connectivity index (χ1v) is 6.60. The summed E-state index contributed by atoms with van der Waals surface area (Å²) in [5.41, 5.74) is -0.139. The number of benzene rings is 2. The van der Waals surface area contributed by atoms with Crippen LogP contribution in [0.2, 0.25) is 0 Å². The molecular weight excluding hydrogens is 336 g/mol. The summed E-state index contributed by atoms with van der Waals surface area (Å²) in [5, 5.41) is 10.7. The zero-order valence-electron chi connectivity index (χ0n) is 9.98. The van der Waals surface area contributed by atoms with E-state index in [9.17, 15) is 18.9 Å². The van der Waals surface area contributed by atoms with E-state index < -0.39 is 16.6 Å². The molecule has 2 aromatic carbocycles. The van der Waals surface area contributed by atoms with E-state index >= 15 is 0 Å². The van der Waals surface area contributed by atoms with Crippen LogP contribution in [0, 0.1) is 21.7 Å². The number of rotatable bonds is 4. The van der Waals surface area contributed by atoms with Crippen LogP contribution in [0.3, 0.4) is 0 Å². The van der Waals surface area contributed by atoms with Gasteiger partial charge in [-0.3, -0.25) is 10.1 Å². The Hall–Kier alpha value is -2.02. The van der Waals surface area contributed by atoms with Gasteiger partial charge in [0.2, 0.25) is 0 Å². The van der Waals surface area contributed by atoms with Crippen molar-refractivity contribution in [1.29, 1.82) is 0 Å². The van der Waals surface area contributed by atoms with E-state index in [2.05, 4.69) is 15.9 Å². The van der Waals surface area contributed by atoms with Gasteiger partial charge < -0.3 is 4.74 Å². The molecule has 0 aliphatic carbocycles. The van der Waals surface area contributed by atoms with E-state index in [1.165, 1.54) is 18.2 Å². The molecule has 0 bridgehead atoms. The molecule has 0 radical (unpaired) electrons. The van der Waals surface area contributed by atoms with Gasteiger partial charge in [0.15, 0.2) is 11.6 Å². The third kappa shape index (κ3) is 2.93. The van der Waals surface area contributed by atoms with E-state index in [4.69, 9.17) is 4.74 Å². The standard InChI is InChI=1S/C13H8BrF2NO3/c14-7-9-10(15)2-1-3-12(9)20-13-5-4-8(17(18)19)6-11(13)16/h1-6H,7H2. The third-order valence-corrected chi connectivity index (χ3v) is 3.12. The monoisotopic (exact) mass is 343 g/mol. The molecule has 0 heterocycles. The molecule has 4 nitrogen and oxygen atoms in total. The molecule has 0 spiro atoms. The van der Waals surface area contributed by atoms with Gasteiger partial charge in [-0.25, -0.2) is 8.78 Å². The smallest absolute Gasteiger partial charge is 0.272 e. The van der Waals surface area contributed by atoms with Crippen LogP contribution in [0.15, 0.2) is 36.4 Å². The van der Waals surface area contributed by atoms with Crippen LogP contribution in [0.4, 0.5) is 14.5 Å². The number of alkyl halides is 1. The fraction of sp³-hybridized carbons (Fsp3) is 0.0769. The number of non-ortho nitro benzene ring substituents is 1. The van der Waals surface area contributed by atoms with Crippen LogP contribution in [0.25, 0.3) is 0 Å². The first kappa shape index (κ1) is 14.4. The Morgan fingerprint density at radius 2 is 1.90 bits per heavy atom. The zero-order chi connectivity index (χ0) is 14.7. The van der Waals surface area contributed by atoms with E-state index in [0.717, 1.165) is 18.2 Å². The molecule has 0 saturated heterocycles. The minimum absolute atomic E-state index is 0.148. The quantitative estimate of drug-likeness (QED) is 0.464. The van der Waals surface area contributed by atoms with Gasteiger partial charge in [-0.2, -0.15) is 0 Å². The Morgan fingerprint density at radius 3 is 2.50 bits per heavy atom. The molecule has 0 aliphatic heterocycles. The summed E-state index contributed by atoms with van der Waals surface area (Å²) in [6, 6.07) is 7.18. The molecule has 0 aliphatic rings. The summed E-state index contributed by atoms with van der Waals surface area (Å²) in [7, 11) is 0. The van der Waals surface area contributed by atoms with Gasteiger partial charge in [-0.15, -0.1) is 0 Å². The van der Waals surface area contributed by atoms with Crippen LogP contribution >= 0.6 is 15.9 Å². The number of nitro groups is 1. The number of hydrogen-bond donors (Lipinski definition) is 0. The summed E-state index contributed by atoms with van der Waals surface area (Å²) >= 11 is 3.12. The van der Waals surface area contributed by atoms with Crippen molar-refractivity contribution in [2.45, 2.75) is 5.33 Å². The van der Waals surface area contributed by atoms with E-state index in [0.29, 0.717) is 0 Å². The van der Waals surface area contributed by atoms with Crippen LogP contribution in [-0.2, 0) is 5.33 Å². The van der Waals surface area contributed by atoms with Gasteiger partial charge >= 0.3 is 0 Å². The first-order chi connectivity index (χ1) is 9.52. The van der Waals surface area contributed by atoms with Crippen molar-refractivity contribution in [1.82, 2.24) is 0 Å². The molecule has 0 fully saturated rings. The van der Waals surface area contributed by atoms with E-state index in [1.807, 2.05) is 0 Å². The number of hydrogen-bond acceptors (Lipinski definition) is 3. The fourth-order valence-corrected chi connectivity index (χ4v) is 2.11. The number of nitrogens with zero attached hydrogens (tertiary/aromatic N) is 1. The zero-order valence-corrected chi connectivity index (χ0v) is 11.6. The minimum atomic E-state index is -0.885. The lowest BCUT2D eigenvalue weighted by Gasteiger charge is -2.10. The molecule has 7 heteroatoms. The Balaban J connectivity index is 2.36. The molecule has 2 rings (SSSR count). The SMILES string of the molecule is O=[N+]([O-])c1ccc(Oc2cccc(F)c2CBr)c(F)c1. The van der Waals surface area contributed by atoms with Gasteiger partial charge in [0.1, 0.15) is 11.6 Å². The average Bonchev–Trinajstić information content (AvgIpc) is 2.41. The summed E-state index contributed by atoms with van der Waals surface area (Å²) in [6.07, 6.45) is 0. The maximum Gasteiger partial charge on any atom is 0.272 e.